The molecule has 9 heteroatoms. The molecule has 2 atom stereocenters. The van der Waals surface area contributed by atoms with Crippen LogP contribution in [0.15, 0.2) is 23.1 Å². The molecular formula is C13H15Cl2NO4S2. The summed E-state index contributed by atoms with van der Waals surface area (Å²) in [6, 6.07) is 2.97. The van der Waals surface area contributed by atoms with Gasteiger partial charge in [-0.05, 0) is 24.6 Å². The van der Waals surface area contributed by atoms with Gasteiger partial charge < -0.3 is 5.11 Å². The predicted molar refractivity (Wildman–Crippen MR) is 88.3 cm³/mol. The van der Waals surface area contributed by atoms with Crippen molar-refractivity contribution in [3.05, 3.63) is 28.2 Å². The number of hydrogen-bond donors (Lipinski definition) is 1. The number of aliphatic carboxylic acids is 1. The Morgan fingerprint density at radius 1 is 1.45 bits per heavy atom. The standard InChI is InChI=1S/C13H15Cl2NO4S2/c1-2-10-12(13(17)18)16(5-6-21-10)22(19,20)11-4-3-8(14)7-9(11)15/h3-4,7,10,12H,2,5-6H2,1H3,(H,17,18). The van der Waals surface area contributed by atoms with Gasteiger partial charge in [-0.15, -0.1) is 0 Å². The summed E-state index contributed by atoms with van der Waals surface area (Å²) in [6.45, 7) is 1.98. The fourth-order valence-corrected chi connectivity index (χ4v) is 6.26. The van der Waals surface area contributed by atoms with E-state index in [1.54, 1.807) is 0 Å². The normalized spacial score (nSPS) is 23.4. The third kappa shape index (κ3) is 3.38. The molecule has 0 aromatic heterocycles. The van der Waals surface area contributed by atoms with Crippen LogP contribution in [0.2, 0.25) is 10.0 Å². The van der Waals surface area contributed by atoms with E-state index in [4.69, 9.17) is 23.2 Å². The van der Waals surface area contributed by atoms with Crippen LogP contribution in [0.1, 0.15) is 13.3 Å². The molecular weight excluding hydrogens is 369 g/mol. The number of carboxylic acid groups (broad SMARTS) is 1. The Balaban J connectivity index is 2.48. The number of benzene rings is 1. The molecule has 122 valence electrons. The van der Waals surface area contributed by atoms with Gasteiger partial charge in [-0.3, -0.25) is 4.79 Å². The van der Waals surface area contributed by atoms with Crippen LogP contribution in [-0.2, 0) is 14.8 Å². The molecule has 0 aliphatic carbocycles. The highest BCUT2D eigenvalue weighted by Crippen LogP contribution is 2.34. The van der Waals surface area contributed by atoms with E-state index < -0.39 is 22.0 Å². The first-order valence-corrected chi connectivity index (χ1v) is 9.84. The summed E-state index contributed by atoms with van der Waals surface area (Å²) in [7, 11) is -4.00. The van der Waals surface area contributed by atoms with E-state index in [1.165, 1.54) is 30.0 Å². The number of thioether (sulfide) groups is 1. The number of rotatable bonds is 4. The first-order chi connectivity index (χ1) is 10.3. The van der Waals surface area contributed by atoms with E-state index in [0.717, 1.165) is 4.31 Å². The summed E-state index contributed by atoms with van der Waals surface area (Å²) in [5.41, 5.74) is 0. The summed E-state index contributed by atoms with van der Waals surface area (Å²) in [5, 5.41) is 9.48. The molecule has 1 heterocycles. The number of nitrogens with zero attached hydrogens (tertiary/aromatic N) is 1. The molecule has 22 heavy (non-hydrogen) atoms. The molecule has 5 nitrogen and oxygen atoms in total. The maximum absolute atomic E-state index is 12.8. The van der Waals surface area contributed by atoms with Crippen LogP contribution >= 0.6 is 35.0 Å². The molecule has 0 amide bonds. The molecule has 1 saturated heterocycles. The Bertz CT molecular complexity index is 681. The average Bonchev–Trinajstić information content (AvgIpc) is 2.45. The van der Waals surface area contributed by atoms with Crippen LogP contribution in [0.25, 0.3) is 0 Å². The van der Waals surface area contributed by atoms with Gasteiger partial charge in [-0.2, -0.15) is 16.1 Å². The quantitative estimate of drug-likeness (QED) is 0.864. The molecule has 1 aromatic rings. The smallest absolute Gasteiger partial charge is 0.323 e. The maximum Gasteiger partial charge on any atom is 0.323 e. The van der Waals surface area contributed by atoms with Gasteiger partial charge in [0.15, 0.2) is 0 Å². The summed E-state index contributed by atoms with van der Waals surface area (Å²) in [6.07, 6.45) is 0.571. The SMILES string of the molecule is CCC1SCCN(S(=O)(=O)c2ccc(Cl)cc2Cl)C1C(=O)O. The van der Waals surface area contributed by atoms with E-state index in [9.17, 15) is 18.3 Å². The molecule has 1 aliphatic rings. The Morgan fingerprint density at radius 2 is 2.14 bits per heavy atom. The van der Waals surface area contributed by atoms with Crippen molar-refractivity contribution in [1.82, 2.24) is 4.31 Å². The van der Waals surface area contributed by atoms with Crippen LogP contribution in [0.4, 0.5) is 0 Å². The zero-order valence-corrected chi connectivity index (χ0v) is 14.8. The predicted octanol–water partition coefficient (Wildman–Crippen LogP) is 2.96. The van der Waals surface area contributed by atoms with Crippen molar-refractivity contribution in [3.63, 3.8) is 0 Å². The van der Waals surface area contributed by atoms with Gasteiger partial charge >= 0.3 is 5.97 Å². The van der Waals surface area contributed by atoms with Gasteiger partial charge in [0.25, 0.3) is 0 Å². The van der Waals surface area contributed by atoms with E-state index in [2.05, 4.69) is 0 Å². The van der Waals surface area contributed by atoms with Crippen molar-refractivity contribution in [2.45, 2.75) is 29.5 Å². The van der Waals surface area contributed by atoms with Gasteiger partial charge in [0.05, 0.1) is 5.02 Å². The monoisotopic (exact) mass is 383 g/mol. The molecule has 0 saturated carbocycles. The maximum atomic E-state index is 12.8. The fraction of sp³-hybridized carbons (Fsp3) is 0.462. The molecule has 1 aromatic carbocycles. The zero-order chi connectivity index (χ0) is 16.5. The lowest BCUT2D eigenvalue weighted by Gasteiger charge is -2.37. The zero-order valence-electron chi connectivity index (χ0n) is 11.7. The molecule has 0 radical (unpaired) electrons. The number of halogens is 2. The lowest BCUT2D eigenvalue weighted by Crippen LogP contribution is -2.54. The number of carbonyl (C=O) groups is 1. The first kappa shape index (κ1) is 17.9. The first-order valence-electron chi connectivity index (χ1n) is 6.60. The lowest BCUT2D eigenvalue weighted by molar-refractivity contribution is -0.141. The summed E-state index contributed by atoms with van der Waals surface area (Å²) < 4.78 is 26.7. The number of carboxylic acids is 1. The second-order valence-electron chi connectivity index (χ2n) is 4.79. The molecule has 0 bridgehead atoms. The highest BCUT2D eigenvalue weighted by Gasteiger charge is 2.43. The lowest BCUT2D eigenvalue weighted by atomic mass is 10.1. The van der Waals surface area contributed by atoms with Crippen molar-refractivity contribution in [2.24, 2.45) is 0 Å². The van der Waals surface area contributed by atoms with Crippen molar-refractivity contribution in [3.8, 4) is 0 Å². The van der Waals surface area contributed by atoms with E-state index >= 15 is 0 Å². The second-order valence-corrected chi connectivity index (χ2v) is 8.84. The van der Waals surface area contributed by atoms with E-state index in [-0.39, 0.29) is 21.7 Å². The molecule has 2 unspecified atom stereocenters. The van der Waals surface area contributed by atoms with Crippen LogP contribution in [0.5, 0.6) is 0 Å². The highest BCUT2D eigenvalue weighted by molar-refractivity contribution is 8.00. The van der Waals surface area contributed by atoms with Crippen LogP contribution < -0.4 is 0 Å². The highest BCUT2D eigenvalue weighted by atomic mass is 35.5. The molecule has 0 spiro atoms. The summed E-state index contributed by atoms with van der Waals surface area (Å²) in [4.78, 5) is 11.5. The molecule has 1 fully saturated rings. The second kappa shape index (κ2) is 6.97. The van der Waals surface area contributed by atoms with Crippen LogP contribution in [0.3, 0.4) is 0 Å². The van der Waals surface area contributed by atoms with Gasteiger partial charge in [0.2, 0.25) is 10.0 Å². The Hall–Kier alpha value is -0.470. The van der Waals surface area contributed by atoms with Crippen LogP contribution in [0, 0.1) is 0 Å². The Morgan fingerprint density at radius 3 is 2.68 bits per heavy atom. The number of sulfonamides is 1. The van der Waals surface area contributed by atoms with E-state index in [0.29, 0.717) is 17.2 Å². The van der Waals surface area contributed by atoms with Crippen molar-refractivity contribution in [2.75, 3.05) is 12.3 Å². The third-order valence-corrected chi connectivity index (χ3v) is 7.48. The third-order valence-electron chi connectivity index (χ3n) is 3.44. The Labute approximate surface area is 143 Å². The van der Waals surface area contributed by atoms with Crippen molar-refractivity contribution in [1.29, 1.82) is 0 Å². The minimum Gasteiger partial charge on any atom is -0.480 e. The van der Waals surface area contributed by atoms with Gasteiger partial charge in [-0.25, -0.2) is 8.42 Å². The van der Waals surface area contributed by atoms with E-state index in [1.807, 2.05) is 6.92 Å². The fourth-order valence-electron chi connectivity index (χ4n) is 2.41. The van der Waals surface area contributed by atoms with Gasteiger partial charge in [-0.1, -0.05) is 30.1 Å². The van der Waals surface area contributed by atoms with Gasteiger partial charge in [0.1, 0.15) is 10.9 Å². The summed E-state index contributed by atoms with van der Waals surface area (Å²) >= 11 is 13.3. The molecule has 1 N–H and O–H groups in total. The largest absolute Gasteiger partial charge is 0.480 e. The van der Waals surface area contributed by atoms with Crippen LogP contribution in [-0.4, -0.2) is 47.4 Å². The Kier molecular flexibility index (Phi) is 5.66. The minimum absolute atomic E-state index is 0.0112. The molecule has 2 rings (SSSR count). The van der Waals surface area contributed by atoms with Gasteiger partial charge in [0, 0.05) is 22.6 Å². The van der Waals surface area contributed by atoms with Crippen molar-refractivity contribution < 1.29 is 18.3 Å². The topological polar surface area (TPSA) is 74.7 Å². The van der Waals surface area contributed by atoms with Crippen molar-refractivity contribution >= 4 is 51.0 Å². The molecule has 1 aliphatic heterocycles. The minimum atomic E-state index is -4.00. The average molecular weight is 384 g/mol. The number of hydrogen-bond acceptors (Lipinski definition) is 4. The summed E-state index contributed by atoms with van der Waals surface area (Å²) in [5.74, 6) is -0.597.